The molecule has 0 spiro atoms. The monoisotopic (exact) mass is 815 g/mol. The van der Waals surface area contributed by atoms with Crippen molar-refractivity contribution in [2.45, 2.75) is 10.8 Å². The summed E-state index contributed by atoms with van der Waals surface area (Å²) < 4.78 is 6.60. The van der Waals surface area contributed by atoms with Gasteiger partial charge in [-0.05, 0) is 109 Å². The lowest BCUT2D eigenvalue weighted by Crippen LogP contribution is -2.29. The van der Waals surface area contributed by atoms with Gasteiger partial charge in [-0.1, -0.05) is 206 Å². The lowest BCUT2D eigenvalue weighted by atomic mass is 9.67. The van der Waals surface area contributed by atoms with E-state index in [1.54, 1.807) is 0 Å². The van der Waals surface area contributed by atoms with Crippen LogP contribution in [0.3, 0.4) is 0 Å². The number of furan rings is 1. The first-order valence-corrected chi connectivity index (χ1v) is 22.2. The first-order chi connectivity index (χ1) is 31.8. The van der Waals surface area contributed by atoms with Crippen LogP contribution in [0, 0.1) is 0 Å². The molecule has 0 N–H and O–H groups in total. The Balaban J connectivity index is 1.11. The summed E-state index contributed by atoms with van der Waals surface area (Å²) in [5.74, 6) is 0. The maximum absolute atomic E-state index is 6.60. The highest BCUT2D eigenvalue weighted by molar-refractivity contribution is 6.13. The number of benzene rings is 10. The lowest BCUT2D eigenvalue weighted by Gasteiger charge is -2.35. The van der Waals surface area contributed by atoms with Crippen LogP contribution in [-0.2, 0) is 10.8 Å². The van der Waals surface area contributed by atoms with Crippen LogP contribution < -0.4 is 4.90 Å². The summed E-state index contributed by atoms with van der Waals surface area (Å²) in [7, 11) is 0. The maximum Gasteiger partial charge on any atom is 0.137 e. The molecule has 10 aromatic carbocycles. The third kappa shape index (κ3) is 5.02. The van der Waals surface area contributed by atoms with Crippen molar-refractivity contribution in [2.75, 3.05) is 4.90 Å². The minimum absolute atomic E-state index is 0.497. The summed E-state index contributed by atoms with van der Waals surface area (Å²) in [6.07, 6.45) is 0. The summed E-state index contributed by atoms with van der Waals surface area (Å²) in [4.78, 5) is 2.47. The zero-order valence-corrected chi connectivity index (χ0v) is 35.0. The zero-order valence-electron chi connectivity index (χ0n) is 35.0. The van der Waals surface area contributed by atoms with Crippen LogP contribution >= 0.6 is 0 Å². The van der Waals surface area contributed by atoms with E-state index in [0.29, 0.717) is 0 Å². The van der Waals surface area contributed by atoms with Gasteiger partial charge in [0.25, 0.3) is 0 Å². The highest BCUT2D eigenvalue weighted by atomic mass is 16.3. The number of rotatable bonds is 7. The van der Waals surface area contributed by atoms with Crippen LogP contribution in [0.2, 0.25) is 0 Å². The molecule has 0 unspecified atom stereocenters. The molecule has 0 aliphatic heterocycles. The summed E-state index contributed by atoms with van der Waals surface area (Å²) in [6, 6.07) is 91.4. The predicted molar refractivity (Wildman–Crippen MR) is 263 cm³/mol. The van der Waals surface area contributed by atoms with E-state index in [0.717, 1.165) is 39.0 Å². The Morgan fingerprint density at radius 1 is 0.297 bits per heavy atom. The Morgan fingerprint density at radius 3 is 1.34 bits per heavy atom. The highest BCUT2D eigenvalue weighted by Gasteiger charge is 2.48. The van der Waals surface area contributed by atoms with Crippen molar-refractivity contribution in [2.24, 2.45) is 0 Å². The van der Waals surface area contributed by atoms with E-state index in [1.807, 2.05) is 0 Å². The molecule has 1 heterocycles. The number of hydrogen-bond donors (Lipinski definition) is 0. The molecule has 0 saturated carbocycles. The third-order valence-electron chi connectivity index (χ3n) is 14.0. The third-order valence-corrected chi connectivity index (χ3v) is 14.0. The Hall–Kier alpha value is -8.20. The molecule has 0 radical (unpaired) electrons. The first-order valence-electron chi connectivity index (χ1n) is 22.2. The Kier molecular flexibility index (Phi) is 8.07. The van der Waals surface area contributed by atoms with Gasteiger partial charge in [-0.15, -0.1) is 0 Å². The minimum atomic E-state index is -0.549. The van der Waals surface area contributed by atoms with Crippen LogP contribution in [0.25, 0.3) is 44.2 Å². The van der Waals surface area contributed by atoms with Crippen molar-refractivity contribution in [3.05, 3.63) is 293 Å². The minimum Gasteiger partial charge on any atom is -0.456 e. The van der Waals surface area contributed by atoms with Gasteiger partial charge in [0.05, 0.1) is 21.9 Å². The fourth-order valence-electron chi connectivity index (χ4n) is 11.5. The van der Waals surface area contributed by atoms with Crippen molar-refractivity contribution in [3.8, 4) is 22.3 Å². The van der Waals surface area contributed by atoms with Gasteiger partial charge < -0.3 is 9.32 Å². The van der Waals surface area contributed by atoms with Crippen LogP contribution in [0.1, 0.15) is 44.5 Å². The molecule has 300 valence electrons. The molecule has 2 aliphatic rings. The zero-order chi connectivity index (χ0) is 42.2. The normalized spacial score (nSPS) is 13.9. The van der Waals surface area contributed by atoms with E-state index in [2.05, 4.69) is 254 Å². The lowest BCUT2D eigenvalue weighted by molar-refractivity contribution is 0.669. The van der Waals surface area contributed by atoms with E-state index < -0.39 is 10.8 Å². The number of para-hydroxylation sites is 1. The summed E-state index contributed by atoms with van der Waals surface area (Å²) in [6.45, 7) is 0. The second kappa shape index (κ2) is 14.2. The molecule has 13 rings (SSSR count). The second-order valence-corrected chi connectivity index (χ2v) is 17.1. The summed E-state index contributed by atoms with van der Waals surface area (Å²) in [5, 5.41) is 2.18. The summed E-state index contributed by atoms with van der Waals surface area (Å²) >= 11 is 0. The maximum atomic E-state index is 6.60. The van der Waals surface area contributed by atoms with E-state index in [9.17, 15) is 0 Å². The van der Waals surface area contributed by atoms with Gasteiger partial charge in [-0.3, -0.25) is 0 Å². The molecule has 0 bridgehead atoms. The van der Waals surface area contributed by atoms with Crippen molar-refractivity contribution in [3.63, 3.8) is 0 Å². The molecule has 2 aliphatic carbocycles. The Bertz CT molecular complexity index is 3470. The molecular weight excluding hydrogens is 775 g/mol. The Morgan fingerprint density at radius 2 is 0.734 bits per heavy atom. The fraction of sp³-hybridized carbons (Fsp3) is 0.0323. The van der Waals surface area contributed by atoms with Crippen molar-refractivity contribution < 1.29 is 4.42 Å². The summed E-state index contributed by atoms with van der Waals surface area (Å²) in [5.41, 5.74) is 19.0. The van der Waals surface area contributed by atoms with E-state index >= 15 is 0 Å². The van der Waals surface area contributed by atoms with E-state index in [4.69, 9.17) is 4.42 Å². The Labute approximate surface area is 373 Å². The van der Waals surface area contributed by atoms with Gasteiger partial charge in [0.1, 0.15) is 11.2 Å². The van der Waals surface area contributed by atoms with Gasteiger partial charge >= 0.3 is 0 Å². The van der Waals surface area contributed by atoms with Crippen molar-refractivity contribution in [1.29, 1.82) is 0 Å². The quantitative estimate of drug-likeness (QED) is 0.159. The molecule has 0 fully saturated rings. The predicted octanol–water partition coefficient (Wildman–Crippen LogP) is 15.8. The van der Waals surface area contributed by atoms with Crippen LogP contribution in [0.4, 0.5) is 17.1 Å². The largest absolute Gasteiger partial charge is 0.456 e. The average molecular weight is 816 g/mol. The molecule has 11 aromatic rings. The van der Waals surface area contributed by atoms with E-state index in [1.165, 1.54) is 66.8 Å². The van der Waals surface area contributed by atoms with Gasteiger partial charge in [-0.2, -0.15) is 0 Å². The smallest absolute Gasteiger partial charge is 0.137 e. The molecule has 64 heavy (non-hydrogen) atoms. The van der Waals surface area contributed by atoms with Gasteiger partial charge in [0, 0.05) is 16.8 Å². The molecular formula is C62H41NO. The molecule has 0 saturated heterocycles. The number of nitrogens with zero attached hydrogens (tertiary/aromatic N) is 1. The molecule has 0 atom stereocenters. The van der Waals surface area contributed by atoms with Crippen molar-refractivity contribution in [1.82, 2.24) is 0 Å². The standard InChI is InChI=1S/C62H41NO/c1-5-20-42(21-6-1)61(43-22-7-2-8-23-43)54-32-17-14-29-49(54)52-40-46(37-39-55(52)61)63(57-33-19-35-59-60(57)51-30-15-18-34-58(51)64-59)47-36-38-50-48-28-13-16-31-53(48)62(56(50)41-47,44-24-9-3-10-25-44)45-26-11-4-12-27-45/h1-41H. The molecule has 2 heteroatoms. The second-order valence-electron chi connectivity index (χ2n) is 17.1. The van der Waals surface area contributed by atoms with Gasteiger partial charge in [0.2, 0.25) is 0 Å². The topological polar surface area (TPSA) is 16.4 Å². The first kappa shape index (κ1) is 36.5. The van der Waals surface area contributed by atoms with Crippen LogP contribution in [-0.4, -0.2) is 0 Å². The fourth-order valence-corrected chi connectivity index (χ4v) is 11.5. The van der Waals surface area contributed by atoms with Crippen LogP contribution in [0.15, 0.2) is 253 Å². The SMILES string of the molecule is c1ccc(C2(c3ccccc3)c3ccccc3-c3cc(N(c4ccc5c(c4)C(c4ccccc4)(c4ccccc4)c4ccccc4-5)c4cccc5oc6ccccc6c45)ccc32)cc1. The molecule has 1 aromatic heterocycles. The number of fused-ring (bicyclic) bond motifs is 9. The molecule has 0 amide bonds. The van der Waals surface area contributed by atoms with E-state index in [-0.39, 0.29) is 0 Å². The number of anilines is 3. The highest BCUT2D eigenvalue weighted by Crippen LogP contribution is 2.60. The van der Waals surface area contributed by atoms with Gasteiger partial charge in [-0.25, -0.2) is 0 Å². The number of hydrogen-bond acceptors (Lipinski definition) is 2. The van der Waals surface area contributed by atoms with Crippen LogP contribution in [0.5, 0.6) is 0 Å². The van der Waals surface area contributed by atoms with Gasteiger partial charge in [0.15, 0.2) is 0 Å². The van der Waals surface area contributed by atoms with Crippen molar-refractivity contribution >= 4 is 39.0 Å². The average Bonchev–Trinajstić information content (AvgIpc) is 4.00. The molecule has 2 nitrogen and oxygen atoms in total.